The molecule has 1 N–H and O–H groups in total. The van der Waals surface area contributed by atoms with Gasteiger partial charge in [0.05, 0.1) is 19.5 Å². The van der Waals surface area contributed by atoms with Crippen molar-refractivity contribution < 1.29 is 14.4 Å². The lowest BCUT2D eigenvalue weighted by atomic mass is 9.80. The topological polar surface area (TPSA) is 112 Å². The number of carbonyl (C=O) groups excluding carboxylic acids is 3. The van der Waals surface area contributed by atoms with Crippen molar-refractivity contribution in [3.05, 3.63) is 70.5 Å². The molecule has 0 unspecified atom stereocenters. The molecule has 10 heteroatoms. The monoisotopic (exact) mass is 422 g/mol. The zero-order valence-electron chi connectivity index (χ0n) is 15.6. The fraction of sp³-hybridized carbons (Fsp3) is 0.200. The van der Waals surface area contributed by atoms with E-state index in [9.17, 15) is 14.4 Å². The molecule has 150 valence electrons. The zero-order chi connectivity index (χ0) is 20.9. The van der Waals surface area contributed by atoms with Crippen LogP contribution in [-0.4, -0.2) is 43.2 Å². The highest BCUT2D eigenvalue weighted by atomic mass is 35.5. The van der Waals surface area contributed by atoms with E-state index in [-0.39, 0.29) is 19.5 Å². The Hall–Kier alpha value is -3.59. The van der Waals surface area contributed by atoms with Crippen molar-refractivity contribution >= 4 is 35.0 Å². The number of rotatable bonds is 4. The molecule has 1 spiro atoms. The van der Waals surface area contributed by atoms with Crippen molar-refractivity contribution in [2.75, 3.05) is 4.90 Å². The molecule has 0 aliphatic carbocycles. The van der Waals surface area contributed by atoms with E-state index >= 15 is 0 Å². The highest BCUT2D eigenvalue weighted by Gasteiger charge is 2.63. The summed E-state index contributed by atoms with van der Waals surface area (Å²) in [6.45, 7) is 0.125. The summed E-state index contributed by atoms with van der Waals surface area (Å²) < 4.78 is 0. The summed E-state index contributed by atoms with van der Waals surface area (Å²) in [5.74, 6) is -1.14. The van der Waals surface area contributed by atoms with Gasteiger partial charge < -0.3 is 4.90 Å². The van der Waals surface area contributed by atoms with Gasteiger partial charge in [0.25, 0.3) is 0 Å². The number of nitrogens with zero attached hydrogens (tertiary/aromatic N) is 5. The first-order valence-corrected chi connectivity index (χ1v) is 9.61. The number of halogens is 1. The van der Waals surface area contributed by atoms with E-state index in [2.05, 4.69) is 20.6 Å². The first kappa shape index (κ1) is 18.4. The number of nitrogens with one attached hydrogen (secondary N) is 1. The van der Waals surface area contributed by atoms with Crippen molar-refractivity contribution in [1.82, 2.24) is 25.5 Å². The molecule has 30 heavy (non-hydrogen) atoms. The van der Waals surface area contributed by atoms with Gasteiger partial charge in [0.1, 0.15) is 0 Å². The average molecular weight is 423 g/mol. The molecule has 3 aromatic rings. The second kappa shape index (κ2) is 6.74. The van der Waals surface area contributed by atoms with E-state index in [1.807, 2.05) is 30.3 Å². The minimum absolute atomic E-state index is 0.0197. The molecule has 0 saturated carbocycles. The Bertz CT molecular complexity index is 1170. The van der Waals surface area contributed by atoms with Crippen LogP contribution < -0.4 is 4.90 Å². The smallest absolute Gasteiger partial charge is 0.250 e. The molecule has 3 amide bonds. The van der Waals surface area contributed by atoms with Crippen LogP contribution in [-0.2, 0) is 32.9 Å². The quantitative estimate of drug-likeness (QED) is 0.504. The van der Waals surface area contributed by atoms with E-state index in [1.54, 1.807) is 18.2 Å². The maximum Gasteiger partial charge on any atom is 0.250 e. The Kier molecular flexibility index (Phi) is 4.14. The number of hydrogen-bond donors (Lipinski definition) is 1. The molecular formula is C20H15ClN6O3. The van der Waals surface area contributed by atoms with Gasteiger partial charge in [-0.3, -0.25) is 19.3 Å². The molecule has 1 aromatic heterocycles. The maximum atomic E-state index is 13.6. The summed E-state index contributed by atoms with van der Waals surface area (Å²) in [6.07, 6.45) is -0.242. The van der Waals surface area contributed by atoms with Crippen LogP contribution >= 0.6 is 11.6 Å². The van der Waals surface area contributed by atoms with Crippen molar-refractivity contribution in [2.24, 2.45) is 0 Å². The largest absolute Gasteiger partial charge is 0.303 e. The van der Waals surface area contributed by atoms with Crippen LogP contribution in [0.5, 0.6) is 0 Å². The Labute approximate surface area is 175 Å². The molecule has 1 atom stereocenters. The van der Waals surface area contributed by atoms with Crippen LogP contribution in [0.2, 0.25) is 5.02 Å². The van der Waals surface area contributed by atoms with Crippen molar-refractivity contribution in [2.45, 2.75) is 24.9 Å². The molecule has 2 aromatic carbocycles. The summed E-state index contributed by atoms with van der Waals surface area (Å²) in [5.41, 5.74) is 0.113. The number of hydrogen-bond acceptors (Lipinski definition) is 6. The Balaban J connectivity index is 1.57. The fourth-order valence-electron chi connectivity index (χ4n) is 4.13. The van der Waals surface area contributed by atoms with Gasteiger partial charge in [-0.15, -0.1) is 10.2 Å². The number of imide groups is 1. The summed E-state index contributed by atoms with van der Waals surface area (Å²) in [6, 6.07) is 14.1. The van der Waals surface area contributed by atoms with Crippen molar-refractivity contribution in [1.29, 1.82) is 0 Å². The number of anilines is 1. The second-order valence-corrected chi connectivity index (χ2v) is 7.67. The van der Waals surface area contributed by atoms with Crippen LogP contribution in [0.1, 0.15) is 23.4 Å². The Morgan fingerprint density at radius 3 is 2.50 bits per heavy atom. The van der Waals surface area contributed by atoms with E-state index in [1.165, 1.54) is 4.90 Å². The van der Waals surface area contributed by atoms with E-state index in [0.29, 0.717) is 22.1 Å². The van der Waals surface area contributed by atoms with Crippen LogP contribution in [0.25, 0.3) is 0 Å². The van der Waals surface area contributed by atoms with Gasteiger partial charge in [0.15, 0.2) is 11.2 Å². The van der Waals surface area contributed by atoms with Gasteiger partial charge in [0, 0.05) is 16.3 Å². The third-order valence-corrected chi connectivity index (χ3v) is 5.75. The number of likely N-dealkylation sites (tertiary alicyclic amines) is 1. The SMILES string of the molecule is O=C1C[C@]2(C(=O)N1Cc1ccccc1)C(=O)N(Cc1nn[nH]n1)c1ccc(Cl)cc12. The summed E-state index contributed by atoms with van der Waals surface area (Å²) in [4.78, 5) is 42.6. The normalized spacial score (nSPS) is 20.5. The molecule has 2 aliphatic rings. The van der Waals surface area contributed by atoms with Crippen LogP contribution in [0, 0.1) is 0 Å². The second-order valence-electron chi connectivity index (χ2n) is 7.23. The third kappa shape index (κ3) is 2.62. The number of H-pyrrole nitrogens is 1. The fourth-order valence-corrected chi connectivity index (χ4v) is 4.31. The molecule has 1 fully saturated rings. The Morgan fingerprint density at radius 2 is 1.77 bits per heavy atom. The van der Waals surface area contributed by atoms with Crippen LogP contribution in [0.15, 0.2) is 48.5 Å². The summed E-state index contributed by atoms with van der Waals surface area (Å²) >= 11 is 6.19. The predicted molar refractivity (Wildman–Crippen MR) is 105 cm³/mol. The molecule has 9 nitrogen and oxygen atoms in total. The minimum atomic E-state index is -1.63. The summed E-state index contributed by atoms with van der Waals surface area (Å²) in [5, 5.41) is 14.0. The Morgan fingerprint density at radius 1 is 1.00 bits per heavy atom. The number of amides is 3. The lowest BCUT2D eigenvalue weighted by molar-refractivity contribution is -0.142. The minimum Gasteiger partial charge on any atom is -0.303 e. The highest BCUT2D eigenvalue weighted by molar-refractivity contribution is 6.32. The number of benzene rings is 2. The lowest BCUT2D eigenvalue weighted by Crippen LogP contribution is -2.46. The van der Waals surface area contributed by atoms with E-state index in [0.717, 1.165) is 10.5 Å². The van der Waals surface area contributed by atoms with E-state index < -0.39 is 23.1 Å². The summed E-state index contributed by atoms with van der Waals surface area (Å²) in [7, 11) is 0. The van der Waals surface area contributed by atoms with Gasteiger partial charge in [-0.1, -0.05) is 47.1 Å². The number of fused-ring (bicyclic) bond motifs is 2. The molecule has 1 saturated heterocycles. The third-order valence-electron chi connectivity index (χ3n) is 5.52. The van der Waals surface area contributed by atoms with Crippen molar-refractivity contribution in [3.63, 3.8) is 0 Å². The van der Waals surface area contributed by atoms with Gasteiger partial charge in [-0.25, -0.2) is 0 Å². The molecular weight excluding hydrogens is 408 g/mol. The molecule has 2 aliphatic heterocycles. The lowest BCUT2D eigenvalue weighted by Gasteiger charge is -2.22. The highest BCUT2D eigenvalue weighted by Crippen LogP contribution is 2.49. The standard InChI is InChI=1S/C20H15ClN6O3/c21-13-6-7-15-14(8-13)20(18(29)26(15)11-16-22-24-25-23-16)9-17(28)27(19(20)30)10-12-4-2-1-3-5-12/h1-8H,9-11H2,(H,22,23,24,25)/t20-/m1/s1. The number of aromatic nitrogens is 4. The molecule has 0 bridgehead atoms. The maximum absolute atomic E-state index is 13.6. The van der Waals surface area contributed by atoms with Crippen molar-refractivity contribution in [3.8, 4) is 0 Å². The van der Waals surface area contributed by atoms with Gasteiger partial charge in [-0.05, 0) is 23.8 Å². The number of carbonyl (C=O) groups is 3. The molecule has 0 radical (unpaired) electrons. The van der Waals surface area contributed by atoms with Gasteiger partial charge in [0.2, 0.25) is 17.7 Å². The van der Waals surface area contributed by atoms with Gasteiger partial charge >= 0.3 is 0 Å². The number of aromatic amines is 1. The molecule has 3 heterocycles. The first-order valence-electron chi connectivity index (χ1n) is 9.24. The van der Waals surface area contributed by atoms with Gasteiger partial charge in [-0.2, -0.15) is 5.21 Å². The van der Waals surface area contributed by atoms with Crippen LogP contribution in [0.4, 0.5) is 5.69 Å². The predicted octanol–water partition coefficient (Wildman–Crippen LogP) is 1.60. The number of tetrazole rings is 1. The van der Waals surface area contributed by atoms with Crippen LogP contribution in [0.3, 0.4) is 0 Å². The molecule has 5 rings (SSSR count). The average Bonchev–Trinajstić information content (AvgIpc) is 3.40. The van der Waals surface area contributed by atoms with E-state index in [4.69, 9.17) is 11.6 Å². The first-order chi connectivity index (χ1) is 14.5. The zero-order valence-corrected chi connectivity index (χ0v) is 16.3.